The van der Waals surface area contributed by atoms with Crippen molar-refractivity contribution in [2.75, 3.05) is 33.2 Å². The predicted molar refractivity (Wildman–Crippen MR) is 49.0 cm³/mol. The number of nitrogens with zero attached hydrogens (tertiary/aromatic N) is 2. The number of hydrogen-bond donors (Lipinski definition) is 0. The fraction of sp³-hybridized carbons (Fsp3) is 0.778. The van der Waals surface area contributed by atoms with Crippen LogP contribution < -0.4 is 0 Å². The first-order chi connectivity index (χ1) is 6.24. The Morgan fingerprint density at radius 2 is 1.92 bits per heavy atom. The van der Waals surface area contributed by atoms with Crippen LogP contribution in [0.5, 0.6) is 0 Å². The molecule has 0 saturated carbocycles. The monoisotopic (exact) mass is 183 g/mol. The molecule has 1 aliphatic rings. The van der Waals surface area contributed by atoms with Gasteiger partial charge in [0, 0.05) is 39.0 Å². The van der Waals surface area contributed by atoms with E-state index in [9.17, 15) is 9.59 Å². The number of piperazine rings is 1. The van der Waals surface area contributed by atoms with Gasteiger partial charge in [0.05, 0.1) is 0 Å². The summed E-state index contributed by atoms with van der Waals surface area (Å²) in [5.74, 6) is 0.0800. The Labute approximate surface area is 78.5 Å². The maximum atomic E-state index is 11.4. The molecule has 0 aromatic heterocycles. The van der Waals surface area contributed by atoms with E-state index in [1.165, 1.54) is 0 Å². The molecule has 4 heteroatoms. The summed E-state index contributed by atoms with van der Waals surface area (Å²) in [5, 5.41) is 0. The van der Waals surface area contributed by atoms with Crippen LogP contribution in [0.25, 0.3) is 0 Å². The first-order valence-corrected chi connectivity index (χ1v) is 4.55. The molecule has 1 rings (SSSR count). The van der Waals surface area contributed by atoms with E-state index in [1.54, 1.807) is 6.29 Å². The predicted octanol–water partition coefficient (Wildman–Crippen LogP) is -0.350. The maximum absolute atomic E-state index is 11.4. The lowest BCUT2D eigenvalue weighted by Gasteiger charge is -2.32. The van der Waals surface area contributed by atoms with Crippen molar-refractivity contribution in [1.82, 2.24) is 9.80 Å². The molecule has 0 spiro atoms. The lowest BCUT2D eigenvalue weighted by atomic mass is 10.2. The van der Waals surface area contributed by atoms with E-state index in [-0.39, 0.29) is 12.3 Å². The van der Waals surface area contributed by atoms with Crippen molar-refractivity contribution >= 4 is 12.2 Å². The van der Waals surface area contributed by atoms with Gasteiger partial charge in [0.25, 0.3) is 0 Å². The van der Waals surface area contributed by atoms with Gasteiger partial charge >= 0.3 is 0 Å². The molecule has 4 nitrogen and oxygen atoms in total. The lowest BCUT2D eigenvalue weighted by molar-refractivity contribution is -0.132. The minimum atomic E-state index is 0.0800. The van der Waals surface area contributed by atoms with E-state index in [4.69, 9.17) is 0 Å². The molecule has 1 fully saturated rings. The zero-order valence-electron chi connectivity index (χ0n) is 7.95. The normalized spacial score (nSPS) is 18.7. The SMILES string of the molecule is CN1CCN(C(=O)CC[C]=O)CC1. The molecular formula is C9H15N2O2. The number of likely N-dealkylation sites (N-methyl/N-ethyl adjacent to an activating group) is 1. The molecule has 0 atom stereocenters. The highest BCUT2D eigenvalue weighted by Gasteiger charge is 2.17. The van der Waals surface area contributed by atoms with Gasteiger partial charge < -0.3 is 9.80 Å². The molecule has 1 saturated heterocycles. The van der Waals surface area contributed by atoms with Crippen LogP contribution in [0.1, 0.15) is 12.8 Å². The Morgan fingerprint density at radius 3 is 2.46 bits per heavy atom. The number of carbonyl (C=O) groups is 1. The fourth-order valence-corrected chi connectivity index (χ4v) is 1.37. The Morgan fingerprint density at radius 1 is 1.31 bits per heavy atom. The van der Waals surface area contributed by atoms with Crippen molar-refractivity contribution in [3.05, 3.63) is 0 Å². The highest BCUT2D eigenvalue weighted by atomic mass is 16.2. The van der Waals surface area contributed by atoms with Crippen molar-refractivity contribution < 1.29 is 9.59 Å². The number of carbonyl (C=O) groups excluding carboxylic acids is 2. The summed E-state index contributed by atoms with van der Waals surface area (Å²) in [5.41, 5.74) is 0. The standard InChI is InChI=1S/C9H15N2O2/c1-10-4-6-11(7-5-10)9(13)3-2-8-12/h2-7H2,1H3. The van der Waals surface area contributed by atoms with Gasteiger partial charge in [-0.25, -0.2) is 0 Å². The van der Waals surface area contributed by atoms with Crippen LogP contribution in [-0.2, 0) is 9.59 Å². The Bertz CT molecular complexity index is 186. The smallest absolute Gasteiger partial charge is 0.223 e. The first-order valence-electron chi connectivity index (χ1n) is 4.55. The minimum absolute atomic E-state index is 0.0800. The minimum Gasteiger partial charge on any atom is -0.340 e. The molecule has 0 N–H and O–H groups in total. The van der Waals surface area contributed by atoms with E-state index in [2.05, 4.69) is 4.90 Å². The lowest BCUT2D eigenvalue weighted by Crippen LogP contribution is -2.47. The molecule has 1 aliphatic heterocycles. The fourth-order valence-electron chi connectivity index (χ4n) is 1.37. The van der Waals surface area contributed by atoms with Gasteiger partial charge in [-0.3, -0.25) is 9.59 Å². The summed E-state index contributed by atoms with van der Waals surface area (Å²) in [6, 6.07) is 0. The molecule has 0 aromatic rings. The highest BCUT2D eigenvalue weighted by Crippen LogP contribution is 2.02. The topological polar surface area (TPSA) is 40.6 Å². The quantitative estimate of drug-likeness (QED) is 0.600. The van der Waals surface area contributed by atoms with Crippen molar-refractivity contribution in [1.29, 1.82) is 0 Å². The number of amides is 1. The molecule has 0 aliphatic carbocycles. The number of rotatable bonds is 3. The molecule has 0 bridgehead atoms. The van der Waals surface area contributed by atoms with E-state index >= 15 is 0 Å². The summed E-state index contributed by atoms with van der Waals surface area (Å²) in [4.78, 5) is 25.3. The molecule has 1 heterocycles. The zero-order chi connectivity index (χ0) is 9.68. The average molecular weight is 183 g/mol. The van der Waals surface area contributed by atoms with Gasteiger partial charge in [0.2, 0.25) is 5.91 Å². The summed E-state index contributed by atoms with van der Waals surface area (Å²) in [7, 11) is 2.04. The van der Waals surface area contributed by atoms with Crippen LogP contribution in [0.4, 0.5) is 0 Å². The Kier molecular flexibility index (Phi) is 3.89. The van der Waals surface area contributed by atoms with E-state index < -0.39 is 0 Å². The second-order valence-electron chi connectivity index (χ2n) is 3.33. The van der Waals surface area contributed by atoms with Crippen LogP contribution in [0.2, 0.25) is 0 Å². The Balaban J connectivity index is 2.27. The average Bonchev–Trinajstić information content (AvgIpc) is 2.15. The third-order valence-corrected chi connectivity index (χ3v) is 2.30. The van der Waals surface area contributed by atoms with Crippen LogP contribution in [-0.4, -0.2) is 55.2 Å². The van der Waals surface area contributed by atoms with Gasteiger partial charge in [-0.2, -0.15) is 0 Å². The van der Waals surface area contributed by atoms with E-state index in [1.807, 2.05) is 11.9 Å². The molecule has 1 amide bonds. The van der Waals surface area contributed by atoms with Gasteiger partial charge in [-0.15, -0.1) is 0 Å². The van der Waals surface area contributed by atoms with Crippen LogP contribution in [0.15, 0.2) is 0 Å². The second-order valence-corrected chi connectivity index (χ2v) is 3.33. The maximum Gasteiger partial charge on any atom is 0.223 e. The molecule has 0 unspecified atom stereocenters. The van der Waals surface area contributed by atoms with Crippen LogP contribution >= 0.6 is 0 Å². The third kappa shape index (κ3) is 3.14. The molecular weight excluding hydrogens is 168 g/mol. The van der Waals surface area contributed by atoms with Gasteiger partial charge in [-0.1, -0.05) is 0 Å². The number of hydrogen-bond acceptors (Lipinski definition) is 3. The Hall–Kier alpha value is -0.900. The largest absolute Gasteiger partial charge is 0.340 e. The molecule has 73 valence electrons. The van der Waals surface area contributed by atoms with Gasteiger partial charge in [0.1, 0.15) is 0 Å². The first kappa shape index (κ1) is 10.2. The molecule has 0 aromatic carbocycles. The summed E-state index contributed by atoms with van der Waals surface area (Å²) < 4.78 is 0. The van der Waals surface area contributed by atoms with Crippen LogP contribution in [0, 0.1) is 0 Å². The summed E-state index contributed by atoms with van der Waals surface area (Å²) in [6.07, 6.45) is 2.28. The summed E-state index contributed by atoms with van der Waals surface area (Å²) in [6.45, 7) is 3.43. The van der Waals surface area contributed by atoms with Gasteiger partial charge in [-0.05, 0) is 7.05 Å². The van der Waals surface area contributed by atoms with E-state index in [0.717, 1.165) is 26.2 Å². The molecule has 13 heavy (non-hydrogen) atoms. The highest BCUT2D eigenvalue weighted by molar-refractivity contribution is 5.78. The third-order valence-electron chi connectivity index (χ3n) is 2.30. The van der Waals surface area contributed by atoms with Crippen LogP contribution in [0.3, 0.4) is 0 Å². The van der Waals surface area contributed by atoms with Crippen molar-refractivity contribution in [3.63, 3.8) is 0 Å². The summed E-state index contributed by atoms with van der Waals surface area (Å²) >= 11 is 0. The van der Waals surface area contributed by atoms with Crippen molar-refractivity contribution in [2.45, 2.75) is 12.8 Å². The van der Waals surface area contributed by atoms with Crippen molar-refractivity contribution in [3.8, 4) is 0 Å². The van der Waals surface area contributed by atoms with Gasteiger partial charge in [0.15, 0.2) is 6.29 Å². The second kappa shape index (κ2) is 4.97. The van der Waals surface area contributed by atoms with Crippen molar-refractivity contribution in [2.24, 2.45) is 0 Å². The zero-order valence-corrected chi connectivity index (χ0v) is 7.95. The van der Waals surface area contributed by atoms with E-state index in [0.29, 0.717) is 6.42 Å². The molecule has 1 radical (unpaired) electrons.